The van der Waals surface area contributed by atoms with E-state index in [1.54, 1.807) is 12.1 Å². The SMILES string of the molecule is Cc1ccc(S)c(C(=O)S)c1. The minimum Gasteiger partial charge on any atom is -0.282 e. The average Bonchev–Trinajstić information content (AvgIpc) is 1.94. The summed E-state index contributed by atoms with van der Waals surface area (Å²) in [5.41, 5.74) is 1.61. The van der Waals surface area contributed by atoms with Gasteiger partial charge in [0.05, 0.1) is 0 Å². The molecule has 1 aromatic carbocycles. The number of aryl methyl sites for hydroxylation is 1. The van der Waals surface area contributed by atoms with Gasteiger partial charge >= 0.3 is 0 Å². The van der Waals surface area contributed by atoms with Gasteiger partial charge in [-0.25, -0.2) is 0 Å². The van der Waals surface area contributed by atoms with Crippen molar-refractivity contribution in [3.8, 4) is 0 Å². The zero-order valence-corrected chi connectivity index (χ0v) is 7.82. The molecule has 1 rings (SSSR count). The quantitative estimate of drug-likeness (QED) is 0.641. The predicted molar refractivity (Wildman–Crippen MR) is 51.7 cm³/mol. The Morgan fingerprint density at radius 2 is 2.09 bits per heavy atom. The standard InChI is InChI=1S/C8H8OS2/c1-5-2-3-7(10)6(4-5)8(9)11/h2-4,10H,1H3,(H,9,11). The number of hydrogen-bond acceptors (Lipinski definition) is 2. The molecule has 0 aliphatic rings. The predicted octanol–water partition coefficient (Wildman–Crippen LogP) is 2.35. The summed E-state index contributed by atoms with van der Waals surface area (Å²) in [4.78, 5) is 11.5. The maximum atomic E-state index is 10.8. The molecule has 3 heteroatoms. The van der Waals surface area contributed by atoms with Crippen LogP contribution in [0.4, 0.5) is 0 Å². The van der Waals surface area contributed by atoms with E-state index in [-0.39, 0.29) is 5.12 Å². The highest BCUT2D eigenvalue weighted by atomic mass is 32.1. The van der Waals surface area contributed by atoms with Crippen molar-refractivity contribution in [1.29, 1.82) is 0 Å². The molecule has 1 aromatic rings. The van der Waals surface area contributed by atoms with Gasteiger partial charge in [-0.15, -0.1) is 25.3 Å². The van der Waals surface area contributed by atoms with Gasteiger partial charge in [-0.1, -0.05) is 11.6 Å². The molecule has 11 heavy (non-hydrogen) atoms. The normalized spacial score (nSPS) is 9.73. The molecule has 0 bridgehead atoms. The van der Waals surface area contributed by atoms with E-state index in [9.17, 15) is 4.79 Å². The molecular weight excluding hydrogens is 176 g/mol. The van der Waals surface area contributed by atoms with Gasteiger partial charge in [-0.05, 0) is 19.1 Å². The first-order valence-electron chi connectivity index (χ1n) is 3.14. The molecule has 0 heterocycles. The van der Waals surface area contributed by atoms with Crippen LogP contribution in [0, 0.1) is 6.92 Å². The molecule has 0 N–H and O–H groups in total. The molecule has 0 amide bonds. The topological polar surface area (TPSA) is 17.1 Å². The summed E-state index contributed by atoms with van der Waals surface area (Å²) in [6, 6.07) is 5.47. The molecule has 0 spiro atoms. The van der Waals surface area contributed by atoms with Gasteiger partial charge in [0.25, 0.3) is 0 Å². The monoisotopic (exact) mass is 184 g/mol. The van der Waals surface area contributed by atoms with E-state index in [1.165, 1.54) is 0 Å². The molecule has 0 atom stereocenters. The summed E-state index contributed by atoms with van der Waals surface area (Å²) in [5.74, 6) is 0. The fourth-order valence-electron chi connectivity index (χ4n) is 0.821. The van der Waals surface area contributed by atoms with Crippen molar-refractivity contribution >= 4 is 30.4 Å². The van der Waals surface area contributed by atoms with E-state index in [1.807, 2.05) is 13.0 Å². The van der Waals surface area contributed by atoms with Crippen LogP contribution in [0.15, 0.2) is 23.1 Å². The lowest BCUT2D eigenvalue weighted by atomic mass is 10.1. The molecular formula is C8H8OS2. The third kappa shape index (κ3) is 2.01. The third-order valence-electron chi connectivity index (χ3n) is 1.38. The Hall–Kier alpha value is -0.410. The van der Waals surface area contributed by atoms with Crippen LogP contribution in [-0.4, -0.2) is 5.12 Å². The Morgan fingerprint density at radius 3 is 2.55 bits per heavy atom. The molecule has 0 fully saturated rings. The minimum absolute atomic E-state index is 0.237. The van der Waals surface area contributed by atoms with Crippen molar-refractivity contribution in [2.75, 3.05) is 0 Å². The minimum atomic E-state index is -0.237. The van der Waals surface area contributed by atoms with Crippen molar-refractivity contribution in [3.05, 3.63) is 29.3 Å². The summed E-state index contributed by atoms with van der Waals surface area (Å²) in [6.07, 6.45) is 0. The molecule has 0 saturated heterocycles. The van der Waals surface area contributed by atoms with E-state index in [0.717, 1.165) is 5.56 Å². The first-order valence-corrected chi connectivity index (χ1v) is 4.03. The summed E-state index contributed by atoms with van der Waals surface area (Å²) in [5, 5.41) is -0.237. The zero-order valence-electron chi connectivity index (χ0n) is 6.03. The summed E-state index contributed by atoms with van der Waals surface area (Å²) in [7, 11) is 0. The summed E-state index contributed by atoms with van der Waals surface area (Å²) >= 11 is 7.83. The number of carbonyl (C=O) groups is 1. The number of rotatable bonds is 1. The second-order valence-electron chi connectivity index (χ2n) is 2.33. The van der Waals surface area contributed by atoms with Crippen molar-refractivity contribution in [2.45, 2.75) is 11.8 Å². The van der Waals surface area contributed by atoms with Crippen LogP contribution in [-0.2, 0) is 0 Å². The molecule has 58 valence electrons. The van der Waals surface area contributed by atoms with Crippen molar-refractivity contribution in [3.63, 3.8) is 0 Å². The molecule has 0 radical (unpaired) electrons. The van der Waals surface area contributed by atoms with Gasteiger partial charge in [0.2, 0.25) is 5.12 Å². The molecule has 0 unspecified atom stereocenters. The lowest BCUT2D eigenvalue weighted by molar-refractivity contribution is 0.108. The first-order chi connectivity index (χ1) is 5.11. The Bertz CT molecular complexity index is 294. The zero-order chi connectivity index (χ0) is 8.43. The van der Waals surface area contributed by atoms with E-state index < -0.39 is 0 Å². The lowest BCUT2D eigenvalue weighted by Gasteiger charge is -2.00. The maximum absolute atomic E-state index is 10.8. The van der Waals surface area contributed by atoms with Crippen LogP contribution < -0.4 is 0 Å². The van der Waals surface area contributed by atoms with Crippen LogP contribution in [0.1, 0.15) is 15.9 Å². The maximum Gasteiger partial charge on any atom is 0.217 e. The van der Waals surface area contributed by atoms with Crippen LogP contribution in [0.5, 0.6) is 0 Å². The fourth-order valence-corrected chi connectivity index (χ4v) is 1.34. The van der Waals surface area contributed by atoms with Gasteiger partial charge in [0, 0.05) is 10.5 Å². The number of carbonyl (C=O) groups excluding carboxylic acids is 1. The average molecular weight is 184 g/mol. The Morgan fingerprint density at radius 1 is 1.45 bits per heavy atom. The number of thiol groups is 2. The fraction of sp³-hybridized carbons (Fsp3) is 0.125. The molecule has 0 saturated carbocycles. The number of benzene rings is 1. The van der Waals surface area contributed by atoms with Crippen LogP contribution in [0.2, 0.25) is 0 Å². The Kier molecular flexibility index (Phi) is 2.62. The van der Waals surface area contributed by atoms with E-state index in [4.69, 9.17) is 0 Å². The Labute approximate surface area is 76.6 Å². The largest absolute Gasteiger partial charge is 0.282 e. The number of hydrogen-bond donors (Lipinski definition) is 2. The van der Waals surface area contributed by atoms with Gasteiger partial charge in [-0.2, -0.15) is 0 Å². The summed E-state index contributed by atoms with van der Waals surface area (Å²) in [6.45, 7) is 1.92. The Balaban J connectivity index is 3.23. The second-order valence-corrected chi connectivity index (χ2v) is 3.21. The lowest BCUT2D eigenvalue weighted by Crippen LogP contribution is -1.91. The van der Waals surface area contributed by atoms with Crippen molar-refractivity contribution in [2.24, 2.45) is 0 Å². The highest BCUT2D eigenvalue weighted by Gasteiger charge is 2.03. The molecule has 0 aliphatic heterocycles. The highest BCUT2D eigenvalue weighted by Crippen LogP contribution is 2.16. The van der Waals surface area contributed by atoms with E-state index in [2.05, 4.69) is 25.3 Å². The smallest absolute Gasteiger partial charge is 0.217 e. The summed E-state index contributed by atoms with van der Waals surface area (Å²) < 4.78 is 0. The van der Waals surface area contributed by atoms with Gasteiger partial charge in [-0.3, -0.25) is 4.79 Å². The van der Waals surface area contributed by atoms with Gasteiger partial charge in [0.1, 0.15) is 0 Å². The van der Waals surface area contributed by atoms with Crippen molar-refractivity contribution < 1.29 is 4.79 Å². The van der Waals surface area contributed by atoms with E-state index in [0.29, 0.717) is 10.5 Å². The van der Waals surface area contributed by atoms with Gasteiger partial charge < -0.3 is 0 Å². The molecule has 0 aromatic heterocycles. The second kappa shape index (κ2) is 3.32. The van der Waals surface area contributed by atoms with Crippen LogP contribution in [0.25, 0.3) is 0 Å². The van der Waals surface area contributed by atoms with Crippen LogP contribution in [0.3, 0.4) is 0 Å². The molecule has 0 aliphatic carbocycles. The first kappa shape index (κ1) is 8.68. The van der Waals surface area contributed by atoms with E-state index >= 15 is 0 Å². The molecule has 1 nitrogen and oxygen atoms in total. The third-order valence-corrected chi connectivity index (χ3v) is 2.01. The van der Waals surface area contributed by atoms with Crippen molar-refractivity contribution in [1.82, 2.24) is 0 Å². The highest BCUT2D eigenvalue weighted by molar-refractivity contribution is 7.97. The van der Waals surface area contributed by atoms with Crippen LogP contribution >= 0.6 is 25.3 Å². The van der Waals surface area contributed by atoms with Gasteiger partial charge in [0.15, 0.2) is 0 Å².